The molecule has 0 saturated carbocycles. The largest absolute Gasteiger partial charge is 0.399 e. The summed E-state index contributed by atoms with van der Waals surface area (Å²) in [5.74, 6) is 0. The molecule has 27 heavy (non-hydrogen) atoms. The molecule has 0 heterocycles. The quantitative estimate of drug-likeness (QED) is 0.237. The lowest BCUT2D eigenvalue weighted by Gasteiger charge is -2.15. The smallest absolute Gasteiger partial charge is 0.0317 e. The zero-order valence-corrected chi connectivity index (χ0v) is 16.0. The number of aryl methyl sites for hydroxylation is 1. The van der Waals surface area contributed by atoms with Gasteiger partial charge < -0.3 is 5.73 Å². The highest BCUT2D eigenvalue weighted by molar-refractivity contribution is 6.11. The van der Waals surface area contributed by atoms with E-state index in [2.05, 4.69) is 86.7 Å². The summed E-state index contributed by atoms with van der Waals surface area (Å²) >= 11 is 0. The van der Waals surface area contributed by atoms with E-state index in [4.69, 9.17) is 5.73 Å². The van der Waals surface area contributed by atoms with Crippen molar-refractivity contribution in [3.8, 4) is 0 Å². The van der Waals surface area contributed by atoms with E-state index in [1.807, 2.05) is 6.07 Å². The second-order valence-corrected chi connectivity index (χ2v) is 7.03. The number of rotatable bonds is 4. The van der Waals surface area contributed by atoms with Crippen LogP contribution >= 0.6 is 0 Å². The van der Waals surface area contributed by atoms with E-state index >= 15 is 0 Å². The van der Waals surface area contributed by atoms with Gasteiger partial charge in [-0.15, -0.1) is 0 Å². The van der Waals surface area contributed by atoms with Crippen molar-refractivity contribution in [1.29, 1.82) is 0 Å². The molecule has 2 N–H and O–H groups in total. The van der Waals surface area contributed by atoms with Crippen LogP contribution in [0.3, 0.4) is 0 Å². The number of fused-ring (bicyclic) bond motifs is 2. The van der Waals surface area contributed by atoms with Crippen LogP contribution in [-0.2, 0) is 6.42 Å². The number of hydrogen-bond donors (Lipinski definition) is 1. The Kier molecular flexibility index (Phi) is 4.68. The van der Waals surface area contributed by atoms with E-state index in [1.165, 1.54) is 43.8 Å². The van der Waals surface area contributed by atoms with E-state index in [-0.39, 0.29) is 0 Å². The molecule has 4 aromatic carbocycles. The minimum Gasteiger partial charge on any atom is -0.399 e. The zero-order chi connectivity index (χ0) is 18.8. The van der Waals surface area contributed by atoms with Crippen molar-refractivity contribution in [3.63, 3.8) is 0 Å². The first-order chi connectivity index (χ1) is 13.2. The van der Waals surface area contributed by atoms with E-state index in [1.54, 1.807) is 0 Å². The Morgan fingerprint density at radius 1 is 0.815 bits per heavy atom. The van der Waals surface area contributed by atoms with Crippen LogP contribution in [0.2, 0.25) is 0 Å². The zero-order valence-electron chi connectivity index (χ0n) is 16.0. The molecule has 0 radical (unpaired) electrons. The number of nitrogen functional groups attached to an aromatic ring is 1. The lowest BCUT2D eigenvalue weighted by atomic mass is 9.89. The third-order valence-electron chi connectivity index (χ3n) is 5.35. The average Bonchev–Trinajstić information content (AvgIpc) is 2.71. The summed E-state index contributed by atoms with van der Waals surface area (Å²) in [6.07, 6.45) is 4.31. The molecule has 0 atom stereocenters. The van der Waals surface area contributed by atoms with E-state index in [0.29, 0.717) is 0 Å². The van der Waals surface area contributed by atoms with Crippen molar-refractivity contribution in [2.24, 2.45) is 0 Å². The first-order valence-electron chi connectivity index (χ1n) is 9.71. The molecule has 1 nitrogen and oxygen atoms in total. The number of benzene rings is 4. The van der Waals surface area contributed by atoms with Crippen LogP contribution in [-0.4, -0.2) is 0 Å². The monoisotopic (exact) mass is 351 g/mol. The summed E-state index contributed by atoms with van der Waals surface area (Å²) < 4.78 is 0. The summed E-state index contributed by atoms with van der Waals surface area (Å²) in [7, 11) is 0. The fraction of sp³-hybridized carbons (Fsp3) is 0.154. The van der Waals surface area contributed by atoms with Crippen molar-refractivity contribution >= 4 is 38.9 Å². The summed E-state index contributed by atoms with van der Waals surface area (Å²) in [5, 5.41) is 5.22. The number of hydrogen-bond acceptors (Lipinski definition) is 1. The molecule has 134 valence electrons. The Bertz CT molecular complexity index is 1100. The second kappa shape index (κ2) is 7.28. The molecule has 1 heteroatoms. The lowest BCUT2D eigenvalue weighted by molar-refractivity contribution is 1.13. The van der Waals surface area contributed by atoms with Gasteiger partial charge in [-0.2, -0.15) is 0 Å². The molecular formula is C26H25N. The Balaban J connectivity index is 2.03. The maximum atomic E-state index is 6.01. The summed E-state index contributed by atoms with van der Waals surface area (Å²) in [6, 6.07) is 25.9. The Labute approximate surface area is 161 Å². The minimum atomic E-state index is 0.831. The van der Waals surface area contributed by atoms with Gasteiger partial charge in [0, 0.05) is 5.69 Å². The van der Waals surface area contributed by atoms with Crippen molar-refractivity contribution in [2.45, 2.75) is 26.7 Å². The number of allylic oxidation sites excluding steroid dienone is 1. The Morgan fingerprint density at radius 2 is 1.44 bits per heavy atom. The standard InChI is InChI=1S/C26H25N/c1-3-18-17-23(27)14-13-20(18)15-19(4-2)26-24-11-7-5-9-21(24)16-22-10-6-8-12-25(22)26/h5-17H,3-4,27H2,1-2H3. The van der Waals surface area contributed by atoms with Crippen LogP contribution in [0, 0.1) is 0 Å². The summed E-state index contributed by atoms with van der Waals surface area (Å²) in [5.41, 5.74) is 12.1. The fourth-order valence-corrected chi connectivity index (χ4v) is 3.97. The minimum absolute atomic E-state index is 0.831. The molecule has 0 saturated heterocycles. The van der Waals surface area contributed by atoms with Crippen LogP contribution in [0.1, 0.15) is 37.0 Å². The maximum absolute atomic E-state index is 6.01. The highest BCUT2D eigenvalue weighted by Crippen LogP contribution is 2.36. The van der Waals surface area contributed by atoms with Crippen molar-refractivity contribution in [3.05, 3.63) is 89.5 Å². The molecule has 0 bridgehead atoms. The predicted octanol–water partition coefficient (Wildman–Crippen LogP) is 7.09. The predicted molar refractivity (Wildman–Crippen MR) is 120 cm³/mol. The Hall–Kier alpha value is -3.06. The maximum Gasteiger partial charge on any atom is 0.0317 e. The van der Waals surface area contributed by atoms with Crippen LogP contribution in [0.15, 0.2) is 72.8 Å². The highest BCUT2D eigenvalue weighted by atomic mass is 14.5. The molecule has 0 aliphatic rings. The molecule has 0 aliphatic carbocycles. The van der Waals surface area contributed by atoms with Crippen molar-refractivity contribution in [2.75, 3.05) is 5.73 Å². The summed E-state index contributed by atoms with van der Waals surface area (Å²) in [6.45, 7) is 4.43. The van der Waals surface area contributed by atoms with Crippen LogP contribution in [0.4, 0.5) is 5.69 Å². The number of anilines is 1. The van der Waals surface area contributed by atoms with E-state index in [9.17, 15) is 0 Å². The van der Waals surface area contributed by atoms with Gasteiger partial charge in [-0.3, -0.25) is 0 Å². The molecule has 0 amide bonds. The van der Waals surface area contributed by atoms with E-state index in [0.717, 1.165) is 18.5 Å². The van der Waals surface area contributed by atoms with Gasteiger partial charge >= 0.3 is 0 Å². The van der Waals surface area contributed by atoms with Gasteiger partial charge in [0.15, 0.2) is 0 Å². The van der Waals surface area contributed by atoms with Crippen LogP contribution < -0.4 is 5.73 Å². The Morgan fingerprint density at radius 3 is 2.04 bits per heavy atom. The van der Waals surface area contributed by atoms with Gasteiger partial charge in [0.25, 0.3) is 0 Å². The molecule has 4 rings (SSSR count). The topological polar surface area (TPSA) is 26.0 Å². The SMILES string of the molecule is CCC(=Cc1ccc(N)cc1CC)c1c2ccccc2cc2ccccc12. The molecule has 4 aromatic rings. The molecular weight excluding hydrogens is 326 g/mol. The normalized spacial score (nSPS) is 12.0. The first kappa shape index (κ1) is 17.4. The van der Waals surface area contributed by atoms with Gasteiger partial charge in [0.2, 0.25) is 0 Å². The van der Waals surface area contributed by atoms with Crippen LogP contribution in [0.25, 0.3) is 33.2 Å². The fourth-order valence-electron chi connectivity index (χ4n) is 3.97. The van der Waals surface area contributed by atoms with Gasteiger partial charge in [-0.1, -0.05) is 74.5 Å². The molecule has 0 spiro atoms. The number of nitrogens with two attached hydrogens (primary N) is 1. The van der Waals surface area contributed by atoms with Crippen molar-refractivity contribution in [1.82, 2.24) is 0 Å². The molecule has 0 aromatic heterocycles. The lowest BCUT2D eigenvalue weighted by Crippen LogP contribution is -1.94. The highest BCUT2D eigenvalue weighted by Gasteiger charge is 2.11. The summed E-state index contributed by atoms with van der Waals surface area (Å²) in [4.78, 5) is 0. The van der Waals surface area contributed by atoms with Crippen molar-refractivity contribution < 1.29 is 0 Å². The second-order valence-electron chi connectivity index (χ2n) is 7.03. The van der Waals surface area contributed by atoms with Crippen LogP contribution in [0.5, 0.6) is 0 Å². The average molecular weight is 351 g/mol. The van der Waals surface area contributed by atoms with Gasteiger partial charge in [0.1, 0.15) is 0 Å². The first-order valence-corrected chi connectivity index (χ1v) is 9.71. The third kappa shape index (κ3) is 3.21. The molecule has 0 unspecified atom stereocenters. The van der Waals surface area contributed by atoms with Gasteiger partial charge in [-0.25, -0.2) is 0 Å². The van der Waals surface area contributed by atoms with Gasteiger partial charge in [0.05, 0.1) is 0 Å². The molecule has 0 aliphatic heterocycles. The molecule has 0 fully saturated rings. The third-order valence-corrected chi connectivity index (χ3v) is 5.35. The van der Waals surface area contributed by atoms with E-state index < -0.39 is 0 Å². The van der Waals surface area contributed by atoms with Gasteiger partial charge in [-0.05, 0) is 74.8 Å².